The molecule has 0 aliphatic heterocycles. The predicted molar refractivity (Wildman–Crippen MR) is 76.8 cm³/mol. The summed E-state index contributed by atoms with van der Waals surface area (Å²) in [7, 11) is 0. The fourth-order valence-electron chi connectivity index (χ4n) is 2.61. The van der Waals surface area contributed by atoms with Crippen LogP contribution < -0.4 is 10.6 Å². The Balaban J connectivity index is 1.82. The van der Waals surface area contributed by atoms with E-state index in [-0.39, 0.29) is 12.5 Å². The SMILES string of the molecule is CC1CCC(NC(=O)N[C@@H](Cc2cnc[nH]2)C(=O)O)CC1. The van der Waals surface area contributed by atoms with E-state index in [0.29, 0.717) is 11.6 Å². The number of carboxylic acid groups (broad SMARTS) is 1. The Hall–Kier alpha value is -2.05. The maximum atomic E-state index is 11.9. The number of amides is 2. The van der Waals surface area contributed by atoms with Gasteiger partial charge in [0.05, 0.1) is 6.33 Å². The first kappa shape index (κ1) is 15.3. The van der Waals surface area contributed by atoms with Gasteiger partial charge < -0.3 is 20.7 Å². The molecule has 0 bridgehead atoms. The van der Waals surface area contributed by atoms with Crippen molar-refractivity contribution >= 4 is 12.0 Å². The number of imidazole rings is 1. The highest BCUT2D eigenvalue weighted by atomic mass is 16.4. The fourth-order valence-corrected chi connectivity index (χ4v) is 2.61. The van der Waals surface area contributed by atoms with Crippen LogP contribution in [0.1, 0.15) is 38.3 Å². The van der Waals surface area contributed by atoms with E-state index in [1.165, 1.54) is 6.33 Å². The lowest BCUT2D eigenvalue weighted by Gasteiger charge is -2.27. The third-order valence-electron chi connectivity index (χ3n) is 3.93. The molecule has 1 aromatic heterocycles. The van der Waals surface area contributed by atoms with Crippen LogP contribution >= 0.6 is 0 Å². The van der Waals surface area contributed by atoms with Crippen molar-refractivity contribution in [2.45, 2.75) is 51.1 Å². The van der Waals surface area contributed by atoms with Gasteiger partial charge >= 0.3 is 12.0 Å². The minimum atomic E-state index is -1.06. The monoisotopic (exact) mass is 294 g/mol. The van der Waals surface area contributed by atoms with Crippen LogP contribution in [0.25, 0.3) is 0 Å². The van der Waals surface area contributed by atoms with E-state index >= 15 is 0 Å². The molecule has 1 aliphatic rings. The van der Waals surface area contributed by atoms with E-state index in [9.17, 15) is 14.7 Å². The van der Waals surface area contributed by atoms with Gasteiger partial charge in [0.1, 0.15) is 6.04 Å². The largest absolute Gasteiger partial charge is 0.480 e. The van der Waals surface area contributed by atoms with Crippen LogP contribution in [0, 0.1) is 5.92 Å². The lowest BCUT2D eigenvalue weighted by atomic mass is 9.87. The molecule has 1 aromatic rings. The van der Waals surface area contributed by atoms with Crippen molar-refractivity contribution in [3.05, 3.63) is 18.2 Å². The number of aromatic amines is 1. The summed E-state index contributed by atoms with van der Waals surface area (Å²) in [6.45, 7) is 2.21. The van der Waals surface area contributed by atoms with Crippen molar-refractivity contribution in [3.8, 4) is 0 Å². The molecule has 1 aliphatic carbocycles. The average molecular weight is 294 g/mol. The fraction of sp³-hybridized carbons (Fsp3) is 0.643. The van der Waals surface area contributed by atoms with E-state index in [0.717, 1.165) is 25.7 Å². The Labute approximate surface area is 123 Å². The summed E-state index contributed by atoms with van der Waals surface area (Å²) in [6, 6.07) is -1.24. The first-order chi connectivity index (χ1) is 10.0. The lowest BCUT2D eigenvalue weighted by molar-refractivity contribution is -0.139. The summed E-state index contributed by atoms with van der Waals surface area (Å²) < 4.78 is 0. The molecular weight excluding hydrogens is 272 g/mol. The molecule has 2 rings (SSSR count). The van der Waals surface area contributed by atoms with Gasteiger partial charge in [0.15, 0.2) is 0 Å². The summed E-state index contributed by atoms with van der Waals surface area (Å²) >= 11 is 0. The van der Waals surface area contributed by atoms with Gasteiger partial charge in [0, 0.05) is 24.4 Å². The van der Waals surface area contributed by atoms with Crippen molar-refractivity contribution in [3.63, 3.8) is 0 Å². The number of hydrogen-bond acceptors (Lipinski definition) is 3. The van der Waals surface area contributed by atoms with Crippen LogP contribution in [0.3, 0.4) is 0 Å². The minimum absolute atomic E-state index is 0.141. The standard InChI is InChI=1S/C14H22N4O3/c1-9-2-4-10(5-3-9)17-14(21)18-12(13(19)20)6-11-7-15-8-16-11/h7-10,12H,2-6H2,1H3,(H,15,16)(H,19,20)(H2,17,18,21)/t9?,10?,12-/m0/s1. The number of rotatable bonds is 5. The summed E-state index contributed by atoms with van der Waals surface area (Å²) in [5, 5.41) is 14.6. The molecule has 4 N–H and O–H groups in total. The molecule has 1 atom stereocenters. The second-order valence-corrected chi connectivity index (χ2v) is 5.75. The van der Waals surface area contributed by atoms with E-state index in [2.05, 4.69) is 27.5 Å². The molecule has 1 fully saturated rings. The van der Waals surface area contributed by atoms with Crippen molar-refractivity contribution < 1.29 is 14.7 Å². The molecule has 7 heteroatoms. The molecule has 21 heavy (non-hydrogen) atoms. The topological polar surface area (TPSA) is 107 Å². The van der Waals surface area contributed by atoms with Gasteiger partial charge in [-0.3, -0.25) is 0 Å². The van der Waals surface area contributed by atoms with Gasteiger partial charge in [-0.15, -0.1) is 0 Å². The molecule has 0 unspecified atom stereocenters. The number of carbonyl (C=O) groups excluding carboxylic acids is 1. The Morgan fingerprint density at radius 3 is 2.71 bits per heavy atom. The van der Waals surface area contributed by atoms with Gasteiger partial charge in [0.2, 0.25) is 0 Å². The molecule has 0 saturated heterocycles. The molecule has 0 aromatic carbocycles. The third kappa shape index (κ3) is 4.77. The normalized spacial score (nSPS) is 23.3. The molecule has 7 nitrogen and oxygen atoms in total. The summed E-state index contributed by atoms with van der Waals surface area (Å²) in [4.78, 5) is 29.8. The Bertz CT molecular complexity index is 467. The Kier molecular flexibility index (Phi) is 5.19. The number of hydrogen-bond donors (Lipinski definition) is 4. The number of aromatic nitrogens is 2. The first-order valence-electron chi connectivity index (χ1n) is 7.31. The molecular formula is C14H22N4O3. The average Bonchev–Trinajstić information content (AvgIpc) is 2.93. The molecule has 1 saturated carbocycles. The summed E-state index contributed by atoms with van der Waals surface area (Å²) in [5.41, 5.74) is 0.675. The van der Waals surface area contributed by atoms with Crippen LogP contribution in [0.2, 0.25) is 0 Å². The molecule has 0 radical (unpaired) electrons. The van der Waals surface area contributed by atoms with Crippen LogP contribution in [0.5, 0.6) is 0 Å². The van der Waals surface area contributed by atoms with Crippen molar-refractivity contribution in [2.75, 3.05) is 0 Å². The van der Waals surface area contributed by atoms with Gasteiger partial charge in [-0.2, -0.15) is 0 Å². The lowest BCUT2D eigenvalue weighted by Crippen LogP contribution is -2.50. The second kappa shape index (κ2) is 7.10. The molecule has 2 amide bonds. The summed E-state index contributed by atoms with van der Waals surface area (Å²) in [5.74, 6) is -0.352. The van der Waals surface area contributed by atoms with Crippen molar-refractivity contribution in [2.24, 2.45) is 5.92 Å². The minimum Gasteiger partial charge on any atom is -0.480 e. The molecule has 0 spiro atoms. The van der Waals surface area contributed by atoms with Gasteiger partial charge in [-0.25, -0.2) is 14.6 Å². The Morgan fingerprint density at radius 1 is 1.43 bits per heavy atom. The molecule has 1 heterocycles. The van der Waals surface area contributed by atoms with E-state index in [1.54, 1.807) is 6.20 Å². The number of urea groups is 1. The number of nitrogens with zero attached hydrogens (tertiary/aromatic N) is 1. The second-order valence-electron chi connectivity index (χ2n) is 5.75. The Morgan fingerprint density at radius 2 is 2.14 bits per heavy atom. The first-order valence-corrected chi connectivity index (χ1v) is 7.31. The zero-order valence-corrected chi connectivity index (χ0v) is 12.1. The van der Waals surface area contributed by atoms with Crippen LogP contribution in [-0.2, 0) is 11.2 Å². The van der Waals surface area contributed by atoms with Gasteiger partial charge in [0.25, 0.3) is 0 Å². The van der Waals surface area contributed by atoms with Crippen molar-refractivity contribution in [1.29, 1.82) is 0 Å². The van der Waals surface area contributed by atoms with Gasteiger partial charge in [-0.05, 0) is 31.6 Å². The number of H-pyrrole nitrogens is 1. The van der Waals surface area contributed by atoms with Crippen LogP contribution in [-0.4, -0.2) is 39.2 Å². The van der Waals surface area contributed by atoms with Crippen LogP contribution in [0.4, 0.5) is 4.79 Å². The highest BCUT2D eigenvalue weighted by Gasteiger charge is 2.24. The van der Waals surface area contributed by atoms with E-state index in [4.69, 9.17) is 0 Å². The maximum absolute atomic E-state index is 11.9. The van der Waals surface area contributed by atoms with Gasteiger partial charge in [-0.1, -0.05) is 6.92 Å². The highest BCUT2D eigenvalue weighted by molar-refractivity contribution is 5.82. The van der Waals surface area contributed by atoms with Crippen LogP contribution in [0.15, 0.2) is 12.5 Å². The van der Waals surface area contributed by atoms with E-state index < -0.39 is 18.0 Å². The summed E-state index contributed by atoms with van der Waals surface area (Å²) in [6.07, 6.45) is 7.32. The predicted octanol–water partition coefficient (Wildman–Crippen LogP) is 1.28. The van der Waals surface area contributed by atoms with E-state index in [1.807, 2.05) is 0 Å². The number of carboxylic acids is 1. The number of carbonyl (C=O) groups is 2. The highest BCUT2D eigenvalue weighted by Crippen LogP contribution is 2.23. The number of nitrogens with one attached hydrogen (secondary N) is 3. The maximum Gasteiger partial charge on any atom is 0.326 e. The third-order valence-corrected chi connectivity index (χ3v) is 3.93. The zero-order chi connectivity index (χ0) is 15.2. The smallest absolute Gasteiger partial charge is 0.326 e. The quantitative estimate of drug-likeness (QED) is 0.656. The number of aliphatic carboxylic acids is 1. The zero-order valence-electron chi connectivity index (χ0n) is 12.1. The molecule has 116 valence electrons. The van der Waals surface area contributed by atoms with Crippen molar-refractivity contribution in [1.82, 2.24) is 20.6 Å².